The van der Waals surface area contributed by atoms with Crippen molar-refractivity contribution in [1.82, 2.24) is 4.98 Å². The van der Waals surface area contributed by atoms with Gasteiger partial charge in [0, 0.05) is 12.1 Å². The van der Waals surface area contributed by atoms with Gasteiger partial charge in [0.05, 0.1) is 11.0 Å². The SMILES string of the molecule is O=[N+]([O-])c1cc(F)c(Oc2cccc(Br)n2)cc1F. The third-order valence-corrected chi connectivity index (χ3v) is 2.54. The van der Waals surface area contributed by atoms with Crippen LogP contribution in [0.15, 0.2) is 34.9 Å². The average molecular weight is 331 g/mol. The minimum atomic E-state index is -1.18. The number of nitro benzene ring substituents is 1. The molecule has 0 radical (unpaired) electrons. The van der Waals surface area contributed by atoms with Crippen LogP contribution in [0.3, 0.4) is 0 Å². The summed E-state index contributed by atoms with van der Waals surface area (Å²) in [6.07, 6.45) is 0. The van der Waals surface area contributed by atoms with Gasteiger partial charge in [-0.05, 0) is 22.0 Å². The van der Waals surface area contributed by atoms with Crippen LogP contribution in [0.25, 0.3) is 0 Å². The molecule has 2 rings (SSSR count). The van der Waals surface area contributed by atoms with Crippen LogP contribution in [0.4, 0.5) is 14.5 Å². The second-order valence-corrected chi connectivity index (χ2v) is 4.20. The summed E-state index contributed by atoms with van der Waals surface area (Å²) in [5.74, 6) is -2.68. The first kappa shape index (κ1) is 13.3. The fourth-order valence-electron chi connectivity index (χ4n) is 1.30. The van der Waals surface area contributed by atoms with Gasteiger partial charge in [-0.25, -0.2) is 9.37 Å². The maximum Gasteiger partial charge on any atom is 0.307 e. The van der Waals surface area contributed by atoms with Gasteiger partial charge in [-0.2, -0.15) is 4.39 Å². The highest BCUT2D eigenvalue weighted by atomic mass is 79.9. The maximum atomic E-state index is 13.5. The lowest BCUT2D eigenvalue weighted by Gasteiger charge is -2.06. The van der Waals surface area contributed by atoms with Gasteiger partial charge >= 0.3 is 5.69 Å². The molecule has 0 saturated heterocycles. The molecule has 0 aliphatic heterocycles. The molecule has 1 aromatic carbocycles. The fourth-order valence-corrected chi connectivity index (χ4v) is 1.62. The van der Waals surface area contributed by atoms with Crippen molar-refractivity contribution >= 4 is 21.6 Å². The number of halogens is 3. The van der Waals surface area contributed by atoms with E-state index in [0.717, 1.165) is 0 Å². The van der Waals surface area contributed by atoms with E-state index in [4.69, 9.17) is 4.74 Å². The molecule has 0 atom stereocenters. The smallest absolute Gasteiger partial charge is 0.307 e. The summed E-state index contributed by atoms with van der Waals surface area (Å²) in [5, 5.41) is 10.4. The van der Waals surface area contributed by atoms with Gasteiger partial charge in [0.1, 0.15) is 4.60 Å². The molecule has 0 saturated carbocycles. The topological polar surface area (TPSA) is 65.3 Å². The van der Waals surface area contributed by atoms with E-state index in [0.29, 0.717) is 16.7 Å². The first-order chi connectivity index (χ1) is 8.97. The Morgan fingerprint density at radius 3 is 2.63 bits per heavy atom. The first-order valence-electron chi connectivity index (χ1n) is 4.91. The Morgan fingerprint density at radius 1 is 1.26 bits per heavy atom. The van der Waals surface area contributed by atoms with Crippen molar-refractivity contribution in [3.63, 3.8) is 0 Å². The Hall–Kier alpha value is -2.09. The predicted octanol–water partition coefficient (Wildman–Crippen LogP) is 3.82. The third kappa shape index (κ3) is 3.02. The van der Waals surface area contributed by atoms with Gasteiger partial charge in [0.15, 0.2) is 11.6 Å². The molecule has 0 N–H and O–H groups in total. The third-order valence-electron chi connectivity index (χ3n) is 2.10. The second-order valence-electron chi connectivity index (χ2n) is 3.39. The molecular weight excluding hydrogens is 326 g/mol. The lowest BCUT2D eigenvalue weighted by atomic mass is 10.3. The van der Waals surface area contributed by atoms with E-state index in [-0.39, 0.29) is 5.88 Å². The van der Waals surface area contributed by atoms with Crippen LogP contribution in [0.5, 0.6) is 11.6 Å². The number of hydrogen-bond acceptors (Lipinski definition) is 4. The van der Waals surface area contributed by atoms with Crippen molar-refractivity contribution < 1.29 is 18.4 Å². The molecule has 19 heavy (non-hydrogen) atoms. The molecule has 2 aromatic rings. The number of hydrogen-bond donors (Lipinski definition) is 0. The van der Waals surface area contributed by atoms with E-state index >= 15 is 0 Å². The Kier molecular flexibility index (Phi) is 3.70. The Balaban J connectivity index is 2.36. The van der Waals surface area contributed by atoms with Crippen molar-refractivity contribution in [2.75, 3.05) is 0 Å². The molecule has 0 fully saturated rings. The lowest BCUT2D eigenvalue weighted by molar-refractivity contribution is -0.387. The molecule has 0 aliphatic rings. The minimum absolute atomic E-state index is 0.0292. The molecule has 1 heterocycles. The second kappa shape index (κ2) is 5.27. The number of aromatic nitrogens is 1. The lowest BCUT2D eigenvalue weighted by Crippen LogP contribution is -1.97. The number of nitro groups is 1. The average Bonchev–Trinajstić information content (AvgIpc) is 2.33. The Labute approximate surface area is 114 Å². The molecule has 0 spiro atoms. The molecule has 0 aliphatic carbocycles. The van der Waals surface area contributed by atoms with Crippen LogP contribution in [-0.2, 0) is 0 Å². The molecule has 1 aromatic heterocycles. The van der Waals surface area contributed by atoms with E-state index in [1.165, 1.54) is 6.07 Å². The minimum Gasteiger partial charge on any atom is -0.436 e. The zero-order valence-corrected chi connectivity index (χ0v) is 10.7. The predicted molar refractivity (Wildman–Crippen MR) is 65.0 cm³/mol. The van der Waals surface area contributed by atoms with Crippen LogP contribution in [0.2, 0.25) is 0 Å². The molecule has 5 nitrogen and oxygen atoms in total. The maximum absolute atomic E-state index is 13.5. The molecule has 8 heteroatoms. The van der Waals surface area contributed by atoms with E-state index in [2.05, 4.69) is 20.9 Å². The number of ether oxygens (including phenoxy) is 1. The monoisotopic (exact) mass is 330 g/mol. The quantitative estimate of drug-likeness (QED) is 0.487. The summed E-state index contributed by atoms with van der Waals surface area (Å²) >= 11 is 3.09. The highest BCUT2D eigenvalue weighted by molar-refractivity contribution is 9.10. The van der Waals surface area contributed by atoms with E-state index in [1.807, 2.05) is 0 Å². The summed E-state index contributed by atoms with van der Waals surface area (Å²) in [7, 11) is 0. The Bertz CT molecular complexity index is 652. The number of benzene rings is 1. The van der Waals surface area contributed by atoms with Crippen LogP contribution in [0, 0.1) is 21.7 Å². The number of rotatable bonds is 3. The largest absolute Gasteiger partial charge is 0.436 e. The van der Waals surface area contributed by atoms with Gasteiger partial charge < -0.3 is 4.74 Å². The van der Waals surface area contributed by atoms with E-state index < -0.39 is 28.0 Å². The van der Waals surface area contributed by atoms with E-state index in [1.54, 1.807) is 12.1 Å². The highest BCUT2D eigenvalue weighted by Gasteiger charge is 2.19. The van der Waals surface area contributed by atoms with Crippen molar-refractivity contribution in [3.8, 4) is 11.6 Å². The van der Waals surface area contributed by atoms with Gasteiger partial charge in [0.25, 0.3) is 0 Å². The van der Waals surface area contributed by atoms with Gasteiger partial charge in [0.2, 0.25) is 11.7 Å². The zero-order chi connectivity index (χ0) is 14.0. The molecule has 0 amide bonds. The summed E-state index contributed by atoms with van der Waals surface area (Å²) in [6.45, 7) is 0. The molecular formula is C11H5BrF2N2O3. The standard InChI is InChI=1S/C11H5BrF2N2O3/c12-10-2-1-3-11(15-10)19-9-5-6(13)8(16(17)18)4-7(9)14/h1-5H. The van der Waals surface area contributed by atoms with Crippen LogP contribution in [-0.4, -0.2) is 9.91 Å². The normalized spacial score (nSPS) is 10.3. The summed E-state index contributed by atoms with van der Waals surface area (Å²) in [6, 6.07) is 5.72. The van der Waals surface area contributed by atoms with Gasteiger partial charge in [-0.3, -0.25) is 10.1 Å². The summed E-state index contributed by atoms with van der Waals surface area (Å²) < 4.78 is 32.4. The molecule has 0 bridgehead atoms. The summed E-state index contributed by atoms with van der Waals surface area (Å²) in [4.78, 5) is 13.3. The zero-order valence-electron chi connectivity index (χ0n) is 9.14. The van der Waals surface area contributed by atoms with Gasteiger partial charge in [-0.1, -0.05) is 6.07 Å². The van der Waals surface area contributed by atoms with Crippen molar-refractivity contribution in [2.45, 2.75) is 0 Å². The van der Waals surface area contributed by atoms with Gasteiger partial charge in [-0.15, -0.1) is 0 Å². The first-order valence-corrected chi connectivity index (χ1v) is 5.70. The van der Waals surface area contributed by atoms with Crippen LogP contribution >= 0.6 is 15.9 Å². The van der Waals surface area contributed by atoms with Crippen molar-refractivity contribution in [3.05, 3.63) is 56.7 Å². The molecule has 0 unspecified atom stereocenters. The molecule has 98 valence electrons. The number of pyridine rings is 1. The van der Waals surface area contributed by atoms with E-state index in [9.17, 15) is 18.9 Å². The van der Waals surface area contributed by atoms with Crippen LogP contribution in [0.1, 0.15) is 0 Å². The summed E-state index contributed by atoms with van der Waals surface area (Å²) in [5.41, 5.74) is -0.952. The van der Waals surface area contributed by atoms with Crippen LogP contribution < -0.4 is 4.74 Å². The van der Waals surface area contributed by atoms with Crippen molar-refractivity contribution in [1.29, 1.82) is 0 Å². The number of nitrogens with zero attached hydrogens (tertiary/aromatic N) is 2. The Morgan fingerprint density at radius 2 is 2.00 bits per heavy atom. The van der Waals surface area contributed by atoms with Crippen molar-refractivity contribution in [2.24, 2.45) is 0 Å². The highest BCUT2D eigenvalue weighted by Crippen LogP contribution is 2.29. The fraction of sp³-hybridized carbons (Fsp3) is 0.